The number of nitrogens with zero attached hydrogens (tertiary/aromatic N) is 3. The molecule has 0 saturated carbocycles. The number of imidazole rings is 1. The molecule has 270 valence electrons. The molecule has 4 aromatic carbocycles. The van der Waals surface area contributed by atoms with Crippen molar-refractivity contribution >= 4 is 16.9 Å². The van der Waals surface area contributed by atoms with Crippen molar-refractivity contribution in [3.05, 3.63) is 160 Å². The van der Waals surface area contributed by atoms with Crippen LogP contribution in [0.3, 0.4) is 0 Å². The van der Waals surface area contributed by atoms with Crippen LogP contribution in [0.5, 0.6) is 0 Å². The van der Waals surface area contributed by atoms with E-state index in [1.165, 1.54) is 0 Å². The van der Waals surface area contributed by atoms with E-state index in [2.05, 4.69) is 44.5 Å². The van der Waals surface area contributed by atoms with Crippen LogP contribution in [-0.4, -0.2) is 56.2 Å². The zero-order chi connectivity index (χ0) is 36.1. The minimum atomic E-state index is -0.583. The number of pyridine rings is 1. The summed E-state index contributed by atoms with van der Waals surface area (Å²) in [6, 6.07) is 35.9. The molecule has 0 radical (unpaired) electrons. The molecular formula is C43H43N5O5. The number of aromatic nitrogens is 3. The summed E-state index contributed by atoms with van der Waals surface area (Å²) < 4.78 is 15.4. The van der Waals surface area contributed by atoms with Gasteiger partial charge in [0.25, 0.3) is 5.91 Å². The first kappa shape index (κ1) is 34.7. The van der Waals surface area contributed by atoms with Crippen LogP contribution in [0.25, 0.3) is 22.2 Å². The summed E-state index contributed by atoms with van der Waals surface area (Å²) in [6.45, 7) is 2.88. The van der Waals surface area contributed by atoms with Crippen LogP contribution in [0.15, 0.2) is 126 Å². The molecule has 0 spiro atoms. The number of amides is 1. The van der Waals surface area contributed by atoms with E-state index in [1.54, 1.807) is 24.5 Å². The van der Waals surface area contributed by atoms with E-state index in [9.17, 15) is 14.7 Å². The fourth-order valence-electron chi connectivity index (χ4n) is 7.63. The molecule has 3 unspecified atom stereocenters. The molecule has 10 nitrogen and oxygen atoms in total. The standard InChI is InChI=1S/C43H43N5O5/c49-28-29-13-15-31(16-14-29)40-24-37(27-47-20-17-36(18-21-47)48-39-12-2-1-11-38(39)46-43(48)51)52-42(53-40)34-9-4-8-33(23-34)32-7-3-6-30(22-32)25-45-41(50)35-10-5-19-44-26-35/h1-16,19,22-23,26,36-37,40,42,49H,17-18,20-21,24-25,27-28H2,(H,45,50)(H,46,51). The maximum atomic E-state index is 12.9. The molecule has 3 N–H and O–H groups in total. The molecule has 2 aliphatic rings. The average Bonchev–Trinajstić information content (AvgIpc) is 3.56. The lowest BCUT2D eigenvalue weighted by atomic mass is 9.97. The molecule has 1 amide bonds. The van der Waals surface area contributed by atoms with Crippen LogP contribution in [0.4, 0.5) is 0 Å². The van der Waals surface area contributed by atoms with Crippen molar-refractivity contribution in [2.45, 2.75) is 57.0 Å². The van der Waals surface area contributed by atoms with Crippen molar-refractivity contribution in [2.24, 2.45) is 0 Å². The number of carbonyl (C=O) groups excluding carboxylic acids is 1. The molecule has 10 heteroatoms. The Bertz CT molecular complexity index is 2230. The number of benzene rings is 4. The van der Waals surface area contributed by atoms with E-state index < -0.39 is 6.29 Å². The lowest BCUT2D eigenvalue weighted by Crippen LogP contribution is -2.43. The first-order chi connectivity index (χ1) is 26.0. The van der Waals surface area contributed by atoms with Gasteiger partial charge in [0.2, 0.25) is 0 Å². The van der Waals surface area contributed by atoms with E-state index >= 15 is 0 Å². The van der Waals surface area contributed by atoms with Gasteiger partial charge >= 0.3 is 5.69 Å². The van der Waals surface area contributed by atoms with Crippen molar-refractivity contribution in [1.29, 1.82) is 0 Å². The molecule has 6 aromatic rings. The highest BCUT2D eigenvalue weighted by molar-refractivity contribution is 5.93. The van der Waals surface area contributed by atoms with Gasteiger partial charge < -0.3 is 29.8 Å². The zero-order valence-electron chi connectivity index (χ0n) is 29.4. The molecule has 2 fully saturated rings. The van der Waals surface area contributed by atoms with E-state index in [1.807, 2.05) is 77.4 Å². The van der Waals surface area contributed by atoms with Gasteiger partial charge in [0.1, 0.15) is 0 Å². The third kappa shape index (κ3) is 7.86. The van der Waals surface area contributed by atoms with E-state index in [4.69, 9.17) is 9.47 Å². The van der Waals surface area contributed by atoms with Crippen LogP contribution in [0.2, 0.25) is 0 Å². The molecule has 0 bridgehead atoms. The van der Waals surface area contributed by atoms with Crippen molar-refractivity contribution in [3.63, 3.8) is 0 Å². The Balaban J connectivity index is 0.979. The number of H-pyrrole nitrogens is 1. The summed E-state index contributed by atoms with van der Waals surface area (Å²) in [5.74, 6) is -0.165. The number of rotatable bonds is 10. The van der Waals surface area contributed by atoms with Gasteiger partial charge in [0.15, 0.2) is 6.29 Å². The first-order valence-electron chi connectivity index (χ1n) is 18.3. The summed E-state index contributed by atoms with van der Waals surface area (Å²) in [5, 5.41) is 12.6. The number of aliphatic hydroxyl groups is 1. The topological polar surface area (TPSA) is 122 Å². The second-order valence-corrected chi connectivity index (χ2v) is 13.9. The molecule has 3 atom stereocenters. The third-order valence-electron chi connectivity index (χ3n) is 10.4. The van der Waals surface area contributed by atoms with E-state index in [-0.39, 0.29) is 36.5 Å². The molecule has 8 rings (SSSR count). The van der Waals surface area contributed by atoms with Crippen LogP contribution in [-0.2, 0) is 22.6 Å². The Kier molecular flexibility index (Phi) is 10.3. The van der Waals surface area contributed by atoms with Gasteiger partial charge in [0, 0.05) is 56.6 Å². The number of para-hydroxylation sites is 2. The predicted molar refractivity (Wildman–Crippen MR) is 203 cm³/mol. The summed E-state index contributed by atoms with van der Waals surface area (Å²) in [5.41, 5.74) is 8.19. The summed E-state index contributed by atoms with van der Waals surface area (Å²) >= 11 is 0. The molecule has 2 saturated heterocycles. The maximum absolute atomic E-state index is 12.9. The Morgan fingerprint density at radius 2 is 1.64 bits per heavy atom. The van der Waals surface area contributed by atoms with Gasteiger partial charge in [0.05, 0.1) is 35.4 Å². The minimum absolute atomic E-state index is 0.00827. The highest BCUT2D eigenvalue weighted by Crippen LogP contribution is 2.39. The number of aromatic amines is 1. The molecule has 0 aliphatic carbocycles. The largest absolute Gasteiger partial charge is 0.392 e. The molecule has 53 heavy (non-hydrogen) atoms. The predicted octanol–water partition coefficient (Wildman–Crippen LogP) is 6.70. The first-order valence-corrected chi connectivity index (χ1v) is 18.3. The molecular weight excluding hydrogens is 667 g/mol. The average molecular weight is 710 g/mol. The maximum Gasteiger partial charge on any atom is 0.326 e. The number of hydrogen-bond donors (Lipinski definition) is 3. The number of ether oxygens (including phenoxy) is 2. The van der Waals surface area contributed by atoms with Gasteiger partial charge in [-0.3, -0.25) is 14.3 Å². The molecule has 4 heterocycles. The van der Waals surface area contributed by atoms with Crippen LogP contribution >= 0.6 is 0 Å². The number of hydrogen-bond acceptors (Lipinski definition) is 7. The second-order valence-electron chi connectivity index (χ2n) is 13.9. The van der Waals surface area contributed by atoms with Crippen molar-refractivity contribution < 1.29 is 19.4 Å². The highest BCUT2D eigenvalue weighted by Gasteiger charge is 2.34. The monoisotopic (exact) mass is 709 g/mol. The van der Waals surface area contributed by atoms with Gasteiger partial charge in [-0.2, -0.15) is 0 Å². The van der Waals surface area contributed by atoms with Crippen LogP contribution in [0, 0.1) is 0 Å². The van der Waals surface area contributed by atoms with Crippen LogP contribution in [0.1, 0.15) is 70.3 Å². The zero-order valence-corrected chi connectivity index (χ0v) is 29.4. The highest BCUT2D eigenvalue weighted by atomic mass is 16.7. The van der Waals surface area contributed by atoms with Crippen molar-refractivity contribution in [2.75, 3.05) is 19.6 Å². The van der Waals surface area contributed by atoms with Crippen molar-refractivity contribution in [1.82, 2.24) is 24.8 Å². The quantitative estimate of drug-likeness (QED) is 0.145. The number of nitrogens with one attached hydrogen (secondary N) is 2. The van der Waals surface area contributed by atoms with E-state index in [0.29, 0.717) is 18.5 Å². The lowest BCUT2D eigenvalue weighted by molar-refractivity contribution is -0.253. The number of aliphatic hydroxyl groups excluding tert-OH is 1. The van der Waals surface area contributed by atoms with Crippen molar-refractivity contribution in [3.8, 4) is 11.1 Å². The van der Waals surface area contributed by atoms with Gasteiger partial charge in [-0.1, -0.05) is 72.8 Å². The Morgan fingerprint density at radius 3 is 2.43 bits per heavy atom. The van der Waals surface area contributed by atoms with Gasteiger partial charge in [-0.25, -0.2) is 4.79 Å². The fraction of sp³-hybridized carbons (Fsp3) is 0.279. The van der Waals surface area contributed by atoms with Gasteiger partial charge in [-0.05, 0) is 77.1 Å². The minimum Gasteiger partial charge on any atom is -0.392 e. The van der Waals surface area contributed by atoms with Crippen LogP contribution < -0.4 is 11.0 Å². The number of likely N-dealkylation sites (tertiary alicyclic amines) is 1. The Labute approximate surface area is 308 Å². The Morgan fingerprint density at radius 1 is 0.849 bits per heavy atom. The normalized spacial score (nSPS) is 19.7. The third-order valence-corrected chi connectivity index (χ3v) is 10.4. The number of piperidine rings is 1. The van der Waals surface area contributed by atoms with E-state index in [0.717, 1.165) is 76.9 Å². The number of carbonyl (C=O) groups is 1. The SMILES string of the molecule is O=C(NCc1cccc(-c2cccc(C3OC(CN4CCC(n5c(=O)[nH]c6ccccc65)CC4)CC(c4ccc(CO)cc4)O3)c2)c1)c1cccnc1. The summed E-state index contributed by atoms with van der Waals surface area (Å²) in [4.78, 5) is 35.0. The van der Waals surface area contributed by atoms with Gasteiger partial charge in [-0.15, -0.1) is 0 Å². The summed E-state index contributed by atoms with van der Waals surface area (Å²) in [6.07, 6.45) is 4.81. The summed E-state index contributed by atoms with van der Waals surface area (Å²) in [7, 11) is 0. The lowest BCUT2D eigenvalue weighted by Gasteiger charge is -2.40. The number of fused-ring (bicyclic) bond motifs is 1. The fourth-order valence-corrected chi connectivity index (χ4v) is 7.63. The molecule has 2 aromatic heterocycles. The second kappa shape index (κ2) is 15.7. The molecule has 2 aliphatic heterocycles. The smallest absolute Gasteiger partial charge is 0.326 e. The Hall–Kier alpha value is -5.39.